The van der Waals surface area contributed by atoms with Crippen molar-refractivity contribution in [2.24, 2.45) is 5.73 Å². The first-order valence-corrected chi connectivity index (χ1v) is 7.55. The molecule has 3 heterocycles. The molecule has 1 aliphatic rings. The van der Waals surface area contributed by atoms with E-state index < -0.39 is 24.5 Å². The maximum absolute atomic E-state index is 10.1. The largest absolute Gasteiger partial charge is 0.387 e. The highest BCUT2D eigenvalue weighted by Crippen LogP contribution is 2.32. The van der Waals surface area contributed by atoms with Crippen molar-refractivity contribution < 1.29 is 14.9 Å². The SMILES string of the molecule is CSc1nc(N)nc2c1ncn2[C@@H]1O[C@H](CN)[C@@H](O)[C@H]1O. The Morgan fingerprint density at radius 1 is 1.38 bits per heavy atom. The van der Waals surface area contributed by atoms with Crippen LogP contribution in [0, 0.1) is 0 Å². The number of rotatable bonds is 3. The van der Waals surface area contributed by atoms with Crippen molar-refractivity contribution >= 4 is 28.9 Å². The lowest BCUT2D eigenvalue weighted by Gasteiger charge is -2.16. The molecule has 0 aliphatic carbocycles. The van der Waals surface area contributed by atoms with E-state index >= 15 is 0 Å². The molecular weight excluding hydrogens is 296 g/mol. The van der Waals surface area contributed by atoms with E-state index in [0.717, 1.165) is 0 Å². The molecule has 6 N–H and O–H groups in total. The zero-order valence-electron chi connectivity index (χ0n) is 11.2. The van der Waals surface area contributed by atoms with Crippen molar-refractivity contribution in [2.75, 3.05) is 18.5 Å². The number of thioether (sulfide) groups is 1. The van der Waals surface area contributed by atoms with Crippen LogP contribution in [0.5, 0.6) is 0 Å². The summed E-state index contributed by atoms with van der Waals surface area (Å²) in [6.07, 6.45) is -0.293. The van der Waals surface area contributed by atoms with Crippen LogP contribution >= 0.6 is 11.8 Å². The van der Waals surface area contributed by atoms with Crippen LogP contribution in [0.1, 0.15) is 6.23 Å². The molecule has 1 saturated heterocycles. The third kappa shape index (κ3) is 2.24. The summed E-state index contributed by atoms with van der Waals surface area (Å²) >= 11 is 1.40. The molecule has 0 spiro atoms. The quantitative estimate of drug-likeness (QED) is 0.401. The monoisotopic (exact) mass is 312 g/mol. The maximum Gasteiger partial charge on any atom is 0.223 e. The minimum atomic E-state index is -1.12. The molecule has 0 saturated carbocycles. The molecule has 2 aromatic heterocycles. The molecule has 2 aromatic rings. The fourth-order valence-corrected chi connectivity index (χ4v) is 2.91. The Morgan fingerprint density at radius 3 is 2.76 bits per heavy atom. The summed E-state index contributed by atoms with van der Waals surface area (Å²) < 4.78 is 7.13. The van der Waals surface area contributed by atoms with Gasteiger partial charge in [-0.2, -0.15) is 4.98 Å². The van der Waals surface area contributed by atoms with Gasteiger partial charge in [0.2, 0.25) is 5.95 Å². The van der Waals surface area contributed by atoms with Crippen LogP contribution in [-0.2, 0) is 4.74 Å². The normalized spacial score (nSPS) is 29.3. The van der Waals surface area contributed by atoms with Crippen molar-refractivity contribution in [1.82, 2.24) is 19.5 Å². The number of ether oxygens (including phenoxy) is 1. The van der Waals surface area contributed by atoms with Gasteiger partial charge >= 0.3 is 0 Å². The Balaban J connectivity index is 2.07. The molecule has 114 valence electrons. The van der Waals surface area contributed by atoms with Crippen LogP contribution < -0.4 is 11.5 Å². The fourth-order valence-electron chi connectivity index (χ4n) is 2.39. The number of nitrogens with zero attached hydrogens (tertiary/aromatic N) is 4. The van der Waals surface area contributed by atoms with Crippen molar-refractivity contribution in [1.29, 1.82) is 0 Å². The van der Waals surface area contributed by atoms with Crippen LogP contribution in [0.15, 0.2) is 11.4 Å². The van der Waals surface area contributed by atoms with E-state index in [0.29, 0.717) is 16.2 Å². The molecular formula is C11H16N6O3S. The second-order valence-electron chi connectivity index (χ2n) is 4.70. The summed E-state index contributed by atoms with van der Waals surface area (Å²) in [6.45, 7) is 0.106. The summed E-state index contributed by atoms with van der Waals surface area (Å²) in [5, 5.41) is 20.7. The standard InChI is InChI=1S/C11H16N6O3S/c1-21-9-5-8(15-11(13)16-9)17(3-14-5)10-7(19)6(18)4(2-12)20-10/h3-4,6-7,10,18-19H,2,12H2,1H3,(H2,13,15,16)/t4-,6-,7-,10-/m1/s1. The van der Waals surface area contributed by atoms with Crippen LogP contribution in [0.4, 0.5) is 5.95 Å². The van der Waals surface area contributed by atoms with E-state index in [9.17, 15) is 10.2 Å². The number of aliphatic hydroxyl groups excluding tert-OH is 2. The molecule has 0 aromatic carbocycles. The fraction of sp³-hybridized carbons (Fsp3) is 0.545. The molecule has 1 fully saturated rings. The molecule has 0 radical (unpaired) electrons. The number of hydrogen-bond donors (Lipinski definition) is 4. The summed E-state index contributed by atoms with van der Waals surface area (Å²) in [6, 6.07) is 0. The first kappa shape index (κ1) is 14.5. The van der Waals surface area contributed by atoms with Gasteiger partial charge in [0.25, 0.3) is 0 Å². The molecule has 1 aliphatic heterocycles. The topological polar surface area (TPSA) is 145 Å². The van der Waals surface area contributed by atoms with Crippen molar-refractivity contribution in [2.45, 2.75) is 29.6 Å². The lowest BCUT2D eigenvalue weighted by Crippen LogP contribution is -2.35. The second-order valence-corrected chi connectivity index (χ2v) is 5.49. The number of nitrogen functional groups attached to an aromatic ring is 1. The highest BCUT2D eigenvalue weighted by molar-refractivity contribution is 7.98. The van der Waals surface area contributed by atoms with Gasteiger partial charge in [-0.3, -0.25) is 4.57 Å². The van der Waals surface area contributed by atoms with Gasteiger partial charge in [0.15, 0.2) is 11.9 Å². The van der Waals surface area contributed by atoms with E-state index in [1.54, 1.807) is 0 Å². The number of imidazole rings is 1. The molecule has 0 unspecified atom stereocenters. The van der Waals surface area contributed by atoms with Crippen LogP contribution in [-0.4, -0.2) is 60.8 Å². The minimum absolute atomic E-state index is 0.106. The van der Waals surface area contributed by atoms with Gasteiger partial charge in [0.1, 0.15) is 28.9 Å². The number of nitrogens with two attached hydrogens (primary N) is 2. The Kier molecular flexibility index (Phi) is 3.71. The zero-order chi connectivity index (χ0) is 15.1. The number of aromatic nitrogens is 4. The maximum atomic E-state index is 10.1. The van der Waals surface area contributed by atoms with E-state index in [1.807, 2.05) is 6.26 Å². The molecule has 0 bridgehead atoms. The average Bonchev–Trinajstić information content (AvgIpc) is 3.01. The number of aliphatic hydroxyl groups is 2. The number of hydrogen-bond acceptors (Lipinski definition) is 9. The van der Waals surface area contributed by atoms with Gasteiger partial charge in [-0.25, -0.2) is 9.97 Å². The number of anilines is 1. The Morgan fingerprint density at radius 2 is 2.14 bits per heavy atom. The predicted molar refractivity (Wildman–Crippen MR) is 76.5 cm³/mol. The third-order valence-electron chi connectivity index (χ3n) is 3.44. The summed E-state index contributed by atoms with van der Waals surface area (Å²) in [5.74, 6) is 0.108. The highest BCUT2D eigenvalue weighted by atomic mass is 32.2. The smallest absolute Gasteiger partial charge is 0.223 e. The van der Waals surface area contributed by atoms with Gasteiger partial charge in [-0.15, -0.1) is 11.8 Å². The van der Waals surface area contributed by atoms with Gasteiger partial charge < -0.3 is 26.4 Å². The molecule has 0 amide bonds. The Hall–Kier alpha value is -1.46. The van der Waals surface area contributed by atoms with Crippen LogP contribution in [0.3, 0.4) is 0 Å². The van der Waals surface area contributed by atoms with Crippen molar-refractivity contribution in [3.05, 3.63) is 6.33 Å². The lowest BCUT2D eigenvalue weighted by atomic mass is 10.1. The lowest BCUT2D eigenvalue weighted by molar-refractivity contribution is -0.0321. The first-order valence-electron chi connectivity index (χ1n) is 6.32. The van der Waals surface area contributed by atoms with E-state index in [2.05, 4.69) is 15.0 Å². The minimum Gasteiger partial charge on any atom is -0.387 e. The summed E-state index contributed by atoms with van der Waals surface area (Å²) in [5.41, 5.74) is 12.2. The molecule has 4 atom stereocenters. The predicted octanol–water partition coefficient (Wildman–Crippen LogP) is -1.29. The van der Waals surface area contributed by atoms with Gasteiger partial charge in [-0.05, 0) is 6.26 Å². The molecule has 3 rings (SSSR count). The highest BCUT2D eigenvalue weighted by Gasteiger charge is 2.43. The van der Waals surface area contributed by atoms with E-state index in [1.165, 1.54) is 22.7 Å². The first-order chi connectivity index (χ1) is 10.1. The van der Waals surface area contributed by atoms with Crippen LogP contribution in [0.25, 0.3) is 11.2 Å². The van der Waals surface area contributed by atoms with Crippen LogP contribution in [0.2, 0.25) is 0 Å². The third-order valence-corrected chi connectivity index (χ3v) is 4.12. The van der Waals surface area contributed by atoms with Crippen molar-refractivity contribution in [3.63, 3.8) is 0 Å². The Labute approximate surface area is 124 Å². The zero-order valence-corrected chi connectivity index (χ0v) is 12.1. The average molecular weight is 312 g/mol. The summed E-state index contributed by atoms with van der Waals surface area (Å²) in [4.78, 5) is 12.5. The molecule has 10 heteroatoms. The van der Waals surface area contributed by atoms with Gasteiger partial charge in [0, 0.05) is 6.54 Å². The summed E-state index contributed by atoms with van der Waals surface area (Å²) in [7, 11) is 0. The molecule has 21 heavy (non-hydrogen) atoms. The second kappa shape index (κ2) is 5.39. The molecule has 9 nitrogen and oxygen atoms in total. The number of fused-ring (bicyclic) bond motifs is 1. The van der Waals surface area contributed by atoms with Gasteiger partial charge in [-0.1, -0.05) is 0 Å². The van der Waals surface area contributed by atoms with Gasteiger partial charge in [0.05, 0.1) is 6.33 Å². The van der Waals surface area contributed by atoms with E-state index in [-0.39, 0.29) is 12.5 Å². The van der Waals surface area contributed by atoms with E-state index in [4.69, 9.17) is 16.2 Å². The van der Waals surface area contributed by atoms with Crippen molar-refractivity contribution in [3.8, 4) is 0 Å². The Bertz CT molecular complexity index is 665.